The second-order valence-electron chi connectivity index (χ2n) is 5.98. The molecule has 0 aliphatic heterocycles. The van der Waals surface area contributed by atoms with Gasteiger partial charge in [-0.1, -0.05) is 30.9 Å². The Labute approximate surface area is 135 Å². The molecule has 0 spiro atoms. The largest absolute Gasteiger partial charge is 0.344 e. The van der Waals surface area contributed by atoms with Crippen LogP contribution in [-0.4, -0.2) is 21.2 Å². The van der Waals surface area contributed by atoms with Crippen molar-refractivity contribution in [3.63, 3.8) is 0 Å². The highest BCUT2D eigenvalue weighted by atomic mass is 32.2. The number of carbonyl (C=O) groups excluding carboxylic acids is 1. The van der Waals surface area contributed by atoms with E-state index in [1.54, 1.807) is 0 Å². The molecule has 1 fully saturated rings. The maximum absolute atomic E-state index is 12.2. The van der Waals surface area contributed by atoms with Crippen LogP contribution in [0, 0.1) is 13.8 Å². The molecule has 116 valence electrons. The third kappa shape index (κ3) is 3.58. The quantitative estimate of drug-likeness (QED) is 0.660. The number of hydrogen-bond acceptors (Lipinski definition) is 4. The van der Waals surface area contributed by atoms with Gasteiger partial charge in [-0.3, -0.25) is 4.79 Å². The number of fused-ring (bicyclic) bond motifs is 1. The van der Waals surface area contributed by atoms with Gasteiger partial charge < -0.3 is 5.32 Å². The molecule has 1 heterocycles. The smallest absolute Gasteiger partial charge is 0.287 e. The number of benzene rings is 1. The van der Waals surface area contributed by atoms with Crippen LogP contribution in [0.5, 0.6) is 0 Å². The third-order valence-electron chi connectivity index (χ3n) is 4.13. The van der Waals surface area contributed by atoms with Crippen LogP contribution < -0.4 is 5.32 Å². The molecule has 1 N–H and O–H groups in total. The van der Waals surface area contributed by atoms with E-state index in [9.17, 15) is 4.79 Å². The van der Waals surface area contributed by atoms with E-state index >= 15 is 0 Å². The number of nitrogens with one attached hydrogen (secondary N) is 1. The molecule has 0 saturated heterocycles. The molecular formula is C17H21N3OS. The van der Waals surface area contributed by atoms with E-state index in [0.29, 0.717) is 11.2 Å². The van der Waals surface area contributed by atoms with Crippen molar-refractivity contribution in [1.29, 1.82) is 0 Å². The molecule has 0 radical (unpaired) electrons. The van der Waals surface area contributed by atoms with Gasteiger partial charge in [0, 0.05) is 28.9 Å². The van der Waals surface area contributed by atoms with E-state index in [0.717, 1.165) is 41.2 Å². The van der Waals surface area contributed by atoms with E-state index in [2.05, 4.69) is 28.3 Å². The Morgan fingerprint density at radius 3 is 2.73 bits per heavy atom. The fraction of sp³-hybridized carbons (Fsp3) is 0.471. The molecule has 0 atom stereocenters. The first-order chi connectivity index (χ1) is 10.6. The zero-order chi connectivity index (χ0) is 15.5. The lowest BCUT2D eigenvalue weighted by Gasteiger charge is -2.22. The maximum Gasteiger partial charge on any atom is 0.287 e. The predicted molar refractivity (Wildman–Crippen MR) is 90.3 cm³/mol. The summed E-state index contributed by atoms with van der Waals surface area (Å²) in [6.45, 7) is 4.02. The minimum atomic E-state index is -0.0437. The zero-order valence-corrected chi connectivity index (χ0v) is 13.9. The van der Waals surface area contributed by atoms with Crippen LogP contribution in [0.25, 0.3) is 10.9 Å². The Bertz CT molecular complexity index is 696. The SMILES string of the molecule is Cc1ccc2nc(SC(=O)NC3CCCCC3)nc(C)c2c1. The van der Waals surface area contributed by atoms with Gasteiger partial charge >= 0.3 is 0 Å². The summed E-state index contributed by atoms with van der Waals surface area (Å²) in [6.07, 6.45) is 5.87. The van der Waals surface area contributed by atoms with Gasteiger partial charge in [-0.25, -0.2) is 9.97 Å². The van der Waals surface area contributed by atoms with E-state index in [-0.39, 0.29) is 5.24 Å². The van der Waals surface area contributed by atoms with Gasteiger partial charge in [0.2, 0.25) is 0 Å². The topological polar surface area (TPSA) is 54.9 Å². The number of amides is 1. The lowest BCUT2D eigenvalue weighted by atomic mass is 9.96. The van der Waals surface area contributed by atoms with Crippen LogP contribution in [0.2, 0.25) is 0 Å². The summed E-state index contributed by atoms with van der Waals surface area (Å²) in [5.41, 5.74) is 3.00. The van der Waals surface area contributed by atoms with Crippen LogP contribution in [-0.2, 0) is 0 Å². The van der Waals surface area contributed by atoms with Crippen molar-refractivity contribution >= 4 is 27.9 Å². The zero-order valence-electron chi connectivity index (χ0n) is 13.1. The van der Waals surface area contributed by atoms with Crippen LogP contribution in [0.15, 0.2) is 23.4 Å². The predicted octanol–water partition coefficient (Wildman–Crippen LogP) is 4.38. The van der Waals surface area contributed by atoms with Crippen molar-refractivity contribution in [2.45, 2.75) is 57.1 Å². The van der Waals surface area contributed by atoms with E-state index < -0.39 is 0 Å². The van der Waals surface area contributed by atoms with Crippen molar-refractivity contribution in [1.82, 2.24) is 15.3 Å². The molecule has 4 nitrogen and oxygen atoms in total. The van der Waals surface area contributed by atoms with Crippen LogP contribution in [0.1, 0.15) is 43.4 Å². The molecule has 1 aliphatic rings. The van der Waals surface area contributed by atoms with Gasteiger partial charge in [0.1, 0.15) is 0 Å². The minimum absolute atomic E-state index is 0.0437. The maximum atomic E-state index is 12.2. The number of hydrogen-bond donors (Lipinski definition) is 1. The van der Waals surface area contributed by atoms with Crippen molar-refractivity contribution in [2.75, 3.05) is 0 Å². The Kier molecular flexibility index (Phi) is 4.62. The number of aromatic nitrogens is 2. The fourth-order valence-electron chi connectivity index (χ4n) is 2.94. The third-order valence-corrected chi connectivity index (χ3v) is 4.80. The molecule has 1 aromatic carbocycles. The molecule has 5 heteroatoms. The van der Waals surface area contributed by atoms with Crippen molar-refractivity contribution in [3.05, 3.63) is 29.5 Å². The second-order valence-corrected chi connectivity index (χ2v) is 6.92. The van der Waals surface area contributed by atoms with Gasteiger partial charge in [0.15, 0.2) is 5.16 Å². The average molecular weight is 315 g/mol. The standard InChI is InChI=1S/C17H21N3OS/c1-11-8-9-15-14(10-11)12(2)18-16(20-15)22-17(21)19-13-6-4-3-5-7-13/h8-10,13H,3-7H2,1-2H3,(H,19,21). The normalized spacial score (nSPS) is 15.9. The summed E-state index contributed by atoms with van der Waals surface area (Å²) >= 11 is 1.10. The number of rotatable bonds is 2. The molecule has 1 amide bonds. The van der Waals surface area contributed by atoms with Crippen molar-refractivity contribution < 1.29 is 4.79 Å². The van der Waals surface area contributed by atoms with Gasteiger partial charge in [0.05, 0.1) is 5.52 Å². The van der Waals surface area contributed by atoms with Gasteiger partial charge in [-0.05, 0) is 38.8 Å². The first-order valence-electron chi connectivity index (χ1n) is 7.85. The molecule has 2 aromatic rings. The number of thioether (sulfide) groups is 1. The van der Waals surface area contributed by atoms with Gasteiger partial charge in [0.25, 0.3) is 5.24 Å². The highest BCUT2D eigenvalue weighted by Crippen LogP contribution is 2.23. The summed E-state index contributed by atoms with van der Waals surface area (Å²) < 4.78 is 0. The molecule has 1 saturated carbocycles. The summed E-state index contributed by atoms with van der Waals surface area (Å²) in [5, 5.41) is 4.63. The summed E-state index contributed by atoms with van der Waals surface area (Å²) in [6, 6.07) is 6.42. The van der Waals surface area contributed by atoms with E-state index in [1.807, 2.05) is 19.1 Å². The Balaban J connectivity index is 1.73. The highest BCUT2D eigenvalue weighted by Gasteiger charge is 2.17. The number of carbonyl (C=O) groups is 1. The van der Waals surface area contributed by atoms with Crippen LogP contribution >= 0.6 is 11.8 Å². The molecule has 1 aromatic heterocycles. The lowest BCUT2D eigenvalue weighted by Crippen LogP contribution is -2.33. The monoisotopic (exact) mass is 315 g/mol. The molecule has 1 aliphatic carbocycles. The molecular weight excluding hydrogens is 294 g/mol. The Morgan fingerprint density at radius 1 is 1.18 bits per heavy atom. The fourth-order valence-corrected chi connectivity index (χ4v) is 3.66. The van der Waals surface area contributed by atoms with Crippen LogP contribution in [0.3, 0.4) is 0 Å². The molecule has 3 rings (SSSR count). The number of aryl methyl sites for hydroxylation is 2. The minimum Gasteiger partial charge on any atom is -0.344 e. The van der Waals surface area contributed by atoms with Crippen LogP contribution in [0.4, 0.5) is 4.79 Å². The molecule has 22 heavy (non-hydrogen) atoms. The molecule has 0 unspecified atom stereocenters. The lowest BCUT2D eigenvalue weighted by molar-refractivity contribution is 0.253. The Morgan fingerprint density at radius 2 is 1.95 bits per heavy atom. The van der Waals surface area contributed by atoms with E-state index in [1.165, 1.54) is 24.8 Å². The summed E-state index contributed by atoms with van der Waals surface area (Å²) in [5.74, 6) is 0. The summed E-state index contributed by atoms with van der Waals surface area (Å²) in [7, 11) is 0. The van der Waals surface area contributed by atoms with Gasteiger partial charge in [-0.15, -0.1) is 0 Å². The highest BCUT2D eigenvalue weighted by molar-refractivity contribution is 8.13. The van der Waals surface area contributed by atoms with Crippen molar-refractivity contribution in [2.24, 2.45) is 0 Å². The van der Waals surface area contributed by atoms with E-state index in [4.69, 9.17) is 0 Å². The first kappa shape index (κ1) is 15.3. The number of nitrogens with zero attached hydrogens (tertiary/aromatic N) is 2. The van der Waals surface area contributed by atoms with Crippen molar-refractivity contribution in [3.8, 4) is 0 Å². The molecule has 0 bridgehead atoms. The van der Waals surface area contributed by atoms with Gasteiger partial charge in [-0.2, -0.15) is 0 Å². The summed E-state index contributed by atoms with van der Waals surface area (Å²) in [4.78, 5) is 21.1. The Hall–Kier alpha value is -1.62. The second kappa shape index (κ2) is 6.65. The first-order valence-corrected chi connectivity index (χ1v) is 8.67. The average Bonchev–Trinajstić information content (AvgIpc) is 2.49.